The lowest BCUT2D eigenvalue weighted by Gasteiger charge is -2.57. The summed E-state index contributed by atoms with van der Waals surface area (Å²) in [5, 5.41) is 23.9. The van der Waals surface area contributed by atoms with E-state index in [2.05, 4.69) is 29.2 Å². The number of likely N-dealkylation sites (N-methyl/N-ethyl adjacent to an activating group) is 1. The van der Waals surface area contributed by atoms with Crippen LogP contribution in [0.15, 0.2) is 29.1 Å². The van der Waals surface area contributed by atoms with Crippen LogP contribution in [0.1, 0.15) is 24.0 Å². The Morgan fingerprint density at radius 3 is 2.76 bits per heavy atom. The Hall–Kier alpha value is -2.21. The minimum absolute atomic E-state index is 0.192. The van der Waals surface area contributed by atoms with Gasteiger partial charge in [-0.3, -0.25) is 0 Å². The molecule has 2 aliphatic carbocycles. The van der Waals surface area contributed by atoms with Crippen molar-refractivity contribution < 1.29 is 19.8 Å². The Bertz CT molecular complexity index is 773. The van der Waals surface area contributed by atoms with Crippen molar-refractivity contribution in [1.82, 2.24) is 4.90 Å². The molecule has 0 spiro atoms. The smallest absolute Gasteiger partial charge is 0.161 e. The van der Waals surface area contributed by atoms with Gasteiger partial charge in [-0.2, -0.15) is 0 Å². The zero-order chi connectivity index (χ0) is 17.8. The van der Waals surface area contributed by atoms with Crippen molar-refractivity contribution in [2.45, 2.75) is 30.7 Å². The molecule has 0 amide bonds. The lowest BCUT2D eigenvalue weighted by Crippen LogP contribution is -2.60. The summed E-state index contributed by atoms with van der Waals surface area (Å²) in [4.78, 5) is 2.39. The van der Waals surface area contributed by atoms with Gasteiger partial charge in [0, 0.05) is 29.4 Å². The molecule has 134 valence electrons. The Balaban J connectivity index is 1.98. The molecule has 6 nitrogen and oxygen atoms in total. The number of rotatable bonds is 2. The maximum absolute atomic E-state index is 10.9. The maximum Gasteiger partial charge on any atom is 0.161 e. The normalized spacial score (nSPS) is 32.6. The molecule has 6 heteroatoms. The Morgan fingerprint density at radius 2 is 2.08 bits per heavy atom. The summed E-state index contributed by atoms with van der Waals surface area (Å²) in [6.45, 7) is 0.937. The second-order valence-corrected chi connectivity index (χ2v) is 7.29. The monoisotopic (exact) mass is 344 g/mol. The van der Waals surface area contributed by atoms with Crippen LogP contribution in [0.5, 0.6) is 11.5 Å². The fraction of sp³-hybridized carbons (Fsp3) is 0.526. The minimum atomic E-state index is -0.299. The highest BCUT2D eigenvalue weighted by Gasteiger charge is 2.56. The molecule has 3 atom stereocenters. The number of hydrogen-bond acceptors (Lipinski definition) is 6. The van der Waals surface area contributed by atoms with Crippen LogP contribution in [-0.4, -0.2) is 54.8 Å². The topological polar surface area (TPSA) is 74.5 Å². The summed E-state index contributed by atoms with van der Waals surface area (Å²) >= 11 is 0. The SMILES string of the molecule is COC1=C[C@H]2[C@H]3Cc4ccc(OC)c(O)c4[C@@]2(CCN3C)C/C1=N\O. The second kappa shape index (κ2) is 5.66. The number of aromatic hydroxyl groups is 1. The number of phenols is 1. The van der Waals surface area contributed by atoms with Crippen molar-refractivity contribution in [3.63, 3.8) is 0 Å². The number of benzene rings is 1. The molecule has 0 unspecified atom stereocenters. The highest BCUT2D eigenvalue weighted by atomic mass is 16.5. The fourth-order valence-electron chi connectivity index (χ4n) is 5.14. The Labute approximate surface area is 147 Å². The molecule has 0 aromatic heterocycles. The predicted molar refractivity (Wildman–Crippen MR) is 93.5 cm³/mol. The first-order chi connectivity index (χ1) is 12.1. The largest absolute Gasteiger partial charge is 0.504 e. The van der Waals surface area contributed by atoms with Gasteiger partial charge in [0.05, 0.1) is 14.2 Å². The fourth-order valence-corrected chi connectivity index (χ4v) is 5.14. The second-order valence-electron chi connectivity index (χ2n) is 7.29. The predicted octanol–water partition coefficient (Wildman–Crippen LogP) is 2.28. The molecular formula is C19H24N2O4. The van der Waals surface area contributed by atoms with Crippen molar-refractivity contribution in [3.8, 4) is 11.5 Å². The lowest BCUT2D eigenvalue weighted by atomic mass is 9.53. The van der Waals surface area contributed by atoms with Gasteiger partial charge in [0.2, 0.25) is 0 Å². The number of hydrogen-bond donors (Lipinski definition) is 2. The Kier molecular flexibility index (Phi) is 3.68. The van der Waals surface area contributed by atoms with Gasteiger partial charge in [-0.05, 0) is 44.1 Å². The molecule has 1 aliphatic heterocycles. The average Bonchev–Trinajstić information content (AvgIpc) is 2.63. The number of likely N-dealkylation sites (tertiary alicyclic amines) is 1. The number of fused-ring (bicyclic) bond motifs is 1. The molecule has 3 aliphatic rings. The molecule has 1 aromatic rings. The molecule has 25 heavy (non-hydrogen) atoms. The van der Waals surface area contributed by atoms with E-state index in [9.17, 15) is 10.3 Å². The van der Waals surface area contributed by atoms with E-state index in [-0.39, 0.29) is 17.1 Å². The van der Waals surface area contributed by atoms with Crippen molar-refractivity contribution in [3.05, 3.63) is 35.1 Å². The molecule has 1 fully saturated rings. The summed E-state index contributed by atoms with van der Waals surface area (Å²) in [5.41, 5.74) is 2.34. The third kappa shape index (κ3) is 2.10. The number of oxime groups is 1. The lowest BCUT2D eigenvalue weighted by molar-refractivity contribution is 0.0520. The van der Waals surface area contributed by atoms with Crippen LogP contribution in [0.25, 0.3) is 0 Å². The molecular weight excluding hydrogens is 320 g/mol. The summed E-state index contributed by atoms with van der Waals surface area (Å²) < 4.78 is 10.8. The van der Waals surface area contributed by atoms with Crippen molar-refractivity contribution in [2.24, 2.45) is 11.1 Å². The molecule has 4 rings (SSSR count). The van der Waals surface area contributed by atoms with Gasteiger partial charge in [0.15, 0.2) is 11.5 Å². The molecule has 0 radical (unpaired) electrons. The van der Waals surface area contributed by atoms with Crippen LogP contribution in [-0.2, 0) is 16.6 Å². The van der Waals surface area contributed by atoms with Crippen LogP contribution in [0, 0.1) is 5.92 Å². The van der Waals surface area contributed by atoms with E-state index in [0.29, 0.717) is 29.7 Å². The molecule has 0 saturated carbocycles. The van der Waals surface area contributed by atoms with Crippen molar-refractivity contribution in [1.29, 1.82) is 0 Å². The van der Waals surface area contributed by atoms with E-state index >= 15 is 0 Å². The number of methoxy groups -OCH3 is 2. The zero-order valence-electron chi connectivity index (χ0n) is 14.8. The van der Waals surface area contributed by atoms with E-state index in [0.717, 1.165) is 30.5 Å². The van der Waals surface area contributed by atoms with Gasteiger partial charge < -0.3 is 24.7 Å². The average molecular weight is 344 g/mol. The van der Waals surface area contributed by atoms with Gasteiger partial charge in [0.25, 0.3) is 0 Å². The number of nitrogens with zero attached hydrogens (tertiary/aromatic N) is 2. The van der Waals surface area contributed by atoms with Crippen molar-refractivity contribution in [2.75, 3.05) is 27.8 Å². The summed E-state index contributed by atoms with van der Waals surface area (Å²) in [6.07, 6.45) is 4.38. The first-order valence-corrected chi connectivity index (χ1v) is 8.62. The van der Waals surface area contributed by atoms with Crippen LogP contribution < -0.4 is 4.74 Å². The first-order valence-electron chi connectivity index (χ1n) is 8.62. The van der Waals surface area contributed by atoms with Crippen LogP contribution in [0.4, 0.5) is 0 Å². The number of piperidine rings is 1. The quantitative estimate of drug-likeness (QED) is 0.636. The molecule has 2 N–H and O–H groups in total. The molecule has 1 saturated heterocycles. The van der Waals surface area contributed by atoms with Crippen LogP contribution in [0.3, 0.4) is 0 Å². The highest BCUT2D eigenvalue weighted by Crippen LogP contribution is 2.57. The maximum atomic E-state index is 10.9. The van der Waals surface area contributed by atoms with Crippen LogP contribution in [0.2, 0.25) is 0 Å². The van der Waals surface area contributed by atoms with E-state index in [1.165, 1.54) is 0 Å². The molecule has 1 heterocycles. The van der Waals surface area contributed by atoms with E-state index < -0.39 is 0 Å². The van der Waals surface area contributed by atoms with Gasteiger partial charge >= 0.3 is 0 Å². The highest BCUT2D eigenvalue weighted by molar-refractivity contribution is 6.00. The van der Waals surface area contributed by atoms with Gasteiger partial charge in [0.1, 0.15) is 11.5 Å². The summed E-state index contributed by atoms with van der Waals surface area (Å²) in [7, 11) is 5.33. The zero-order valence-corrected chi connectivity index (χ0v) is 14.8. The molecule has 1 aromatic carbocycles. The minimum Gasteiger partial charge on any atom is -0.504 e. The van der Waals surface area contributed by atoms with Crippen LogP contribution >= 0.6 is 0 Å². The third-order valence-electron chi connectivity index (χ3n) is 6.34. The first kappa shape index (κ1) is 16.3. The standard InChI is InChI=1S/C19H24N2O4/c1-21-7-6-19-10-13(20-23)16(25-3)9-12(19)14(21)8-11-4-5-15(24-2)18(22)17(11)19/h4-5,9,12,14,22-23H,6-8,10H2,1-3H3/b20-13+/t12-,14+,19-/m0/s1. The summed E-state index contributed by atoms with van der Waals surface area (Å²) in [6, 6.07) is 4.23. The number of ether oxygens (including phenoxy) is 2. The van der Waals surface area contributed by atoms with Gasteiger partial charge in [-0.15, -0.1) is 0 Å². The van der Waals surface area contributed by atoms with E-state index in [1.54, 1.807) is 14.2 Å². The van der Waals surface area contributed by atoms with E-state index in [1.807, 2.05) is 6.07 Å². The van der Waals surface area contributed by atoms with E-state index in [4.69, 9.17) is 9.47 Å². The summed E-state index contributed by atoms with van der Waals surface area (Å²) in [5.74, 6) is 1.54. The molecule has 2 bridgehead atoms. The van der Waals surface area contributed by atoms with Crippen molar-refractivity contribution >= 4 is 5.71 Å². The van der Waals surface area contributed by atoms with Gasteiger partial charge in [-0.25, -0.2) is 0 Å². The third-order valence-corrected chi connectivity index (χ3v) is 6.34. The Morgan fingerprint density at radius 1 is 1.28 bits per heavy atom. The van der Waals surface area contributed by atoms with Gasteiger partial charge in [-0.1, -0.05) is 11.2 Å². The number of allylic oxidation sites excluding steroid dienone is 1. The number of phenolic OH excluding ortho intramolecular Hbond substituents is 1.